The summed E-state index contributed by atoms with van der Waals surface area (Å²) in [6, 6.07) is 0. The topological polar surface area (TPSA) is 34.1 Å². The molecule has 15 heavy (non-hydrogen) atoms. The average molecular weight is 222 g/mol. The molecular weight excluding hydrogens is 208 g/mol. The summed E-state index contributed by atoms with van der Waals surface area (Å²) in [4.78, 5) is 0. The molecule has 0 aliphatic heterocycles. The van der Waals surface area contributed by atoms with Crippen LogP contribution < -0.4 is 0 Å². The van der Waals surface area contributed by atoms with Crippen molar-refractivity contribution >= 4 is 9.84 Å². The SMILES string of the molecule is C=CC=CC=CS(=O)(=O)C=CC=CC=C. The van der Waals surface area contributed by atoms with Gasteiger partial charge in [-0.2, -0.15) is 0 Å². The zero-order valence-electron chi connectivity index (χ0n) is 8.41. The zero-order chi connectivity index (χ0) is 11.6. The highest BCUT2D eigenvalue weighted by Gasteiger charge is 1.95. The molecule has 0 bridgehead atoms. The minimum absolute atomic E-state index is 1.12. The van der Waals surface area contributed by atoms with Crippen molar-refractivity contribution in [2.24, 2.45) is 0 Å². The first-order valence-corrected chi connectivity index (χ1v) is 5.90. The first-order chi connectivity index (χ1) is 7.12. The maximum atomic E-state index is 11.3. The van der Waals surface area contributed by atoms with Crippen LogP contribution in [0.1, 0.15) is 0 Å². The van der Waals surface area contributed by atoms with Crippen LogP contribution in [0.25, 0.3) is 0 Å². The Hall–Kier alpha value is -1.61. The lowest BCUT2D eigenvalue weighted by Crippen LogP contribution is -1.86. The predicted molar refractivity (Wildman–Crippen MR) is 65.9 cm³/mol. The van der Waals surface area contributed by atoms with Crippen LogP contribution in [0.5, 0.6) is 0 Å². The van der Waals surface area contributed by atoms with Gasteiger partial charge >= 0.3 is 0 Å². The third-order valence-corrected chi connectivity index (χ3v) is 2.33. The molecule has 0 fully saturated rings. The van der Waals surface area contributed by atoms with Gasteiger partial charge in [0.1, 0.15) is 0 Å². The Labute approximate surface area is 91.2 Å². The van der Waals surface area contributed by atoms with Crippen LogP contribution >= 0.6 is 0 Å². The Kier molecular flexibility index (Phi) is 6.93. The molecule has 0 aliphatic rings. The van der Waals surface area contributed by atoms with Crippen molar-refractivity contribution in [2.75, 3.05) is 0 Å². The van der Waals surface area contributed by atoms with Crippen molar-refractivity contribution in [2.45, 2.75) is 0 Å². The molecule has 0 aromatic carbocycles. The summed E-state index contributed by atoms with van der Waals surface area (Å²) in [6.07, 6.45) is 12.5. The molecule has 2 nitrogen and oxygen atoms in total. The fourth-order valence-electron chi connectivity index (χ4n) is 0.641. The van der Waals surface area contributed by atoms with Crippen molar-refractivity contribution in [3.8, 4) is 0 Å². The van der Waals surface area contributed by atoms with Gasteiger partial charge in [-0.3, -0.25) is 0 Å². The van der Waals surface area contributed by atoms with Gasteiger partial charge in [0, 0.05) is 10.8 Å². The minimum Gasteiger partial charge on any atom is -0.220 e. The second-order valence-corrected chi connectivity index (χ2v) is 4.21. The highest BCUT2D eigenvalue weighted by atomic mass is 32.2. The van der Waals surface area contributed by atoms with E-state index in [1.807, 2.05) is 0 Å². The number of allylic oxidation sites excluding steroid dienone is 8. The molecule has 0 radical (unpaired) electrons. The van der Waals surface area contributed by atoms with Gasteiger partial charge in [0.05, 0.1) is 0 Å². The van der Waals surface area contributed by atoms with Crippen LogP contribution in [-0.2, 0) is 9.84 Å². The fourth-order valence-corrected chi connectivity index (χ4v) is 1.35. The smallest absolute Gasteiger partial charge is 0.193 e. The van der Waals surface area contributed by atoms with E-state index in [9.17, 15) is 8.42 Å². The van der Waals surface area contributed by atoms with E-state index in [1.165, 1.54) is 12.2 Å². The Morgan fingerprint density at radius 2 is 1.07 bits per heavy atom. The Morgan fingerprint density at radius 3 is 1.40 bits per heavy atom. The largest absolute Gasteiger partial charge is 0.220 e. The molecule has 0 aliphatic carbocycles. The van der Waals surface area contributed by atoms with Crippen molar-refractivity contribution in [1.82, 2.24) is 0 Å². The zero-order valence-corrected chi connectivity index (χ0v) is 9.23. The van der Waals surface area contributed by atoms with E-state index in [0.29, 0.717) is 0 Å². The maximum absolute atomic E-state index is 11.3. The van der Waals surface area contributed by atoms with Crippen LogP contribution in [0, 0.1) is 0 Å². The summed E-state index contributed by atoms with van der Waals surface area (Å²) in [5.74, 6) is 0. The Balaban J connectivity index is 4.43. The van der Waals surface area contributed by atoms with E-state index in [-0.39, 0.29) is 0 Å². The molecule has 0 atom stereocenters. The highest BCUT2D eigenvalue weighted by molar-refractivity contribution is 7.97. The molecule has 3 heteroatoms. The molecule has 0 spiro atoms. The lowest BCUT2D eigenvalue weighted by molar-refractivity contribution is 0.612. The first kappa shape index (κ1) is 13.4. The normalized spacial score (nSPS) is 13.3. The number of rotatable bonds is 6. The van der Waals surface area contributed by atoms with E-state index < -0.39 is 9.84 Å². The maximum Gasteiger partial charge on any atom is 0.193 e. The molecule has 0 amide bonds. The van der Waals surface area contributed by atoms with Crippen molar-refractivity contribution in [3.05, 3.63) is 72.6 Å². The number of hydrogen-bond acceptors (Lipinski definition) is 2. The molecule has 0 unspecified atom stereocenters. The number of sulfone groups is 1. The van der Waals surface area contributed by atoms with Crippen molar-refractivity contribution < 1.29 is 8.42 Å². The molecule has 0 aromatic heterocycles. The molecule has 0 heterocycles. The molecule has 0 aromatic rings. The third-order valence-electron chi connectivity index (χ3n) is 1.25. The average Bonchev–Trinajstić information content (AvgIpc) is 2.20. The summed E-state index contributed by atoms with van der Waals surface area (Å²) >= 11 is 0. The summed E-state index contributed by atoms with van der Waals surface area (Å²) in [5, 5.41) is 2.23. The summed E-state index contributed by atoms with van der Waals surface area (Å²) in [7, 11) is -3.27. The van der Waals surface area contributed by atoms with Gasteiger partial charge in [0.2, 0.25) is 0 Å². The van der Waals surface area contributed by atoms with Gasteiger partial charge < -0.3 is 0 Å². The highest BCUT2D eigenvalue weighted by Crippen LogP contribution is 1.96. The molecule has 0 saturated carbocycles. The Morgan fingerprint density at radius 1 is 0.667 bits per heavy atom. The van der Waals surface area contributed by atoms with Gasteiger partial charge in [-0.1, -0.05) is 61.8 Å². The molecule has 0 rings (SSSR count). The fraction of sp³-hybridized carbons (Fsp3) is 0. The van der Waals surface area contributed by atoms with Gasteiger partial charge in [0.15, 0.2) is 9.84 Å². The van der Waals surface area contributed by atoms with Gasteiger partial charge in [-0.25, -0.2) is 8.42 Å². The standard InChI is InChI=1S/C12H14O2S/c1-3-5-7-9-11-15(13,14)12-10-8-6-4-2/h3-12H,1-2H2. The van der Waals surface area contributed by atoms with Gasteiger partial charge in [0.25, 0.3) is 0 Å². The van der Waals surface area contributed by atoms with E-state index >= 15 is 0 Å². The van der Waals surface area contributed by atoms with Crippen LogP contribution in [0.3, 0.4) is 0 Å². The van der Waals surface area contributed by atoms with Gasteiger partial charge in [-0.15, -0.1) is 0 Å². The molecular formula is C12H14O2S. The molecule has 0 saturated heterocycles. The third kappa shape index (κ3) is 8.71. The summed E-state index contributed by atoms with van der Waals surface area (Å²) in [5.41, 5.74) is 0. The molecule has 80 valence electrons. The second-order valence-electron chi connectivity index (χ2n) is 2.49. The second kappa shape index (κ2) is 7.76. The Bertz CT molecular complexity index is 373. The lowest BCUT2D eigenvalue weighted by atomic mass is 10.5. The van der Waals surface area contributed by atoms with Gasteiger partial charge in [-0.05, 0) is 0 Å². The summed E-state index contributed by atoms with van der Waals surface area (Å²) < 4.78 is 22.5. The number of hydrogen-bond donors (Lipinski definition) is 0. The predicted octanol–water partition coefficient (Wildman–Crippen LogP) is 2.91. The monoisotopic (exact) mass is 222 g/mol. The van der Waals surface area contributed by atoms with Crippen LogP contribution in [0.2, 0.25) is 0 Å². The quantitative estimate of drug-likeness (QED) is 0.647. The lowest BCUT2D eigenvalue weighted by Gasteiger charge is -1.85. The van der Waals surface area contributed by atoms with E-state index in [4.69, 9.17) is 0 Å². The van der Waals surface area contributed by atoms with Crippen LogP contribution in [0.4, 0.5) is 0 Å². The summed E-state index contributed by atoms with van der Waals surface area (Å²) in [6.45, 7) is 6.92. The minimum atomic E-state index is -3.27. The first-order valence-electron chi connectivity index (χ1n) is 4.29. The van der Waals surface area contributed by atoms with Crippen LogP contribution in [0.15, 0.2) is 72.6 Å². The van der Waals surface area contributed by atoms with E-state index in [0.717, 1.165) is 10.8 Å². The van der Waals surface area contributed by atoms with Crippen molar-refractivity contribution in [1.29, 1.82) is 0 Å². The van der Waals surface area contributed by atoms with E-state index in [1.54, 1.807) is 36.5 Å². The van der Waals surface area contributed by atoms with Crippen molar-refractivity contribution in [3.63, 3.8) is 0 Å². The van der Waals surface area contributed by atoms with Crippen LogP contribution in [-0.4, -0.2) is 8.42 Å². The molecule has 0 N–H and O–H groups in total. The van der Waals surface area contributed by atoms with E-state index in [2.05, 4.69) is 13.2 Å².